The van der Waals surface area contributed by atoms with Crippen LogP contribution in [0.2, 0.25) is 0 Å². The number of hydrogen-bond donors (Lipinski definition) is 1. The highest BCUT2D eigenvalue weighted by Crippen LogP contribution is 2.18. The zero-order valence-corrected chi connectivity index (χ0v) is 12.2. The van der Waals surface area contributed by atoms with Crippen LogP contribution in [0, 0.1) is 17.2 Å². The minimum atomic E-state index is -3.55. The molecular formula is C13H19N3O2S. The van der Waals surface area contributed by atoms with E-state index >= 15 is 0 Å². The second kappa shape index (κ2) is 6.15. The highest BCUT2D eigenvalue weighted by Gasteiger charge is 2.22. The molecule has 0 spiro atoms. The molecule has 2 N–H and O–H groups in total. The molecule has 5 nitrogen and oxygen atoms in total. The van der Waals surface area contributed by atoms with Crippen molar-refractivity contribution < 1.29 is 8.42 Å². The molecule has 1 aromatic carbocycles. The van der Waals surface area contributed by atoms with Crippen molar-refractivity contribution in [2.45, 2.75) is 24.8 Å². The fraction of sp³-hybridized carbons (Fsp3) is 0.462. The van der Waals surface area contributed by atoms with Crippen molar-refractivity contribution in [2.24, 2.45) is 11.7 Å². The first-order valence-electron chi connectivity index (χ1n) is 6.00. The molecule has 0 aromatic heterocycles. The first-order chi connectivity index (χ1) is 8.78. The lowest BCUT2D eigenvalue weighted by Gasteiger charge is -2.18. The van der Waals surface area contributed by atoms with Crippen LogP contribution in [0.4, 0.5) is 0 Å². The first-order valence-corrected chi connectivity index (χ1v) is 7.44. The van der Waals surface area contributed by atoms with Crippen molar-refractivity contribution in [3.05, 3.63) is 29.8 Å². The Balaban J connectivity index is 2.97. The Kier molecular flexibility index (Phi) is 5.06. The molecule has 2 unspecified atom stereocenters. The van der Waals surface area contributed by atoms with Gasteiger partial charge in [-0.1, -0.05) is 12.1 Å². The minimum Gasteiger partial charge on any atom is -0.324 e. The Labute approximate surface area is 114 Å². The second-order valence-corrected chi connectivity index (χ2v) is 6.72. The van der Waals surface area contributed by atoms with E-state index in [0.29, 0.717) is 0 Å². The maximum Gasteiger partial charge on any atom is 0.242 e. The molecule has 0 saturated heterocycles. The van der Waals surface area contributed by atoms with Crippen LogP contribution in [0.3, 0.4) is 0 Å². The summed E-state index contributed by atoms with van der Waals surface area (Å²) in [7, 11) is -2.07. The molecule has 0 aliphatic carbocycles. The molecule has 0 heterocycles. The molecule has 0 fully saturated rings. The molecule has 0 aliphatic rings. The summed E-state index contributed by atoms with van der Waals surface area (Å²) in [6, 6.07) is 8.39. The Bertz CT molecular complexity index is 559. The molecule has 0 aliphatic heterocycles. The van der Waals surface area contributed by atoms with Gasteiger partial charge >= 0.3 is 0 Å². The molecule has 1 rings (SSSR count). The molecule has 1 aromatic rings. The number of nitrogens with zero attached hydrogens (tertiary/aromatic N) is 2. The molecule has 2 atom stereocenters. The van der Waals surface area contributed by atoms with Gasteiger partial charge in [0.1, 0.15) is 0 Å². The van der Waals surface area contributed by atoms with Gasteiger partial charge in [0, 0.05) is 19.6 Å². The Morgan fingerprint density at radius 1 is 1.32 bits per heavy atom. The lowest BCUT2D eigenvalue weighted by molar-refractivity contribution is 0.439. The normalized spacial score (nSPS) is 14.9. The van der Waals surface area contributed by atoms with Crippen LogP contribution < -0.4 is 5.73 Å². The van der Waals surface area contributed by atoms with E-state index < -0.39 is 10.0 Å². The van der Waals surface area contributed by atoms with E-state index in [0.717, 1.165) is 5.56 Å². The number of sulfonamides is 1. The largest absolute Gasteiger partial charge is 0.324 e. The van der Waals surface area contributed by atoms with Gasteiger partial charge in [-0.15, -0.1) is 0 Å². The lowest BCUT2D eigenvalue weighted by Crippen LogP contribution is -2.30. The maximum atomic E-state index is 12.2. The Hall–Kier alpha value is -1.42. The van der Waals surface area contributed by atoms with E-state index in [9.17, 15) is 8.42 Å². The van der Waals surface area contributed by atoms with Gasteiger partial charge in [0.25, 0.3) is 0 Å². The number of benzene rings is 1. The van der Waals surface area contributed by atoms with Crippen LogP contribution in [0.1, 0.15) is 25.5 Å². The predicted molar refractivity (Wildman–Crippen MR) is 73.6 cm³/mol. The monoisotopic (exact) mass is 281 g/mol. The quantitative estimate of drug-likeness (QED) is 0.885. The third-order valence-electron chi connectivity index (χ3n) is 2.87. The summed E-state index contributed by atoms with van der Waals surface area (Å²) in [6.07, 6.45) is 0. The SMILES string of the molecule is CC(C#N)CN(C)S(=O)(=O)c1ccc(C(C)N)cc1. The van der Waals surface area contributed by atoms with E-state index in [-0.39, 0.29) is 23.4 Å². The Morgan fingerprint density at radius 2 is 1.84 bits per heavy atom. The molecule has 19 heavy (non-hydrogen) atoms. The zero-order chi connectivity index (χ0) is 14.6. The van der Waals surface area contributed by atoms with Crippen LogP contribution in [0.15, 0.2) is 29.2 Å². The smallest absolute Gasteiger partial charge is 0.242 e. The van der Waals surface area contributed by atoms with Crippen molar-refractivity contribution >= 4 is 10.0 Å². The van der Waals surface area contributed by atoms with Gasteiger partial charge in [0.15, 0.2) is 0 Å². The molecule has 104 valence electrons. The van der Waals surface area contributed by atoms with E-state index in [1.54, 1.807) is 31.2 Å². The van der Waals surface area contributed by atoms with Crippen LogP contribution in [0.25, 0.3) is 0 Å². The predicted octanol–water partition coefficient (Wildman–Crippen LogP) is 1.49. The standard InChI is InChI=1S/C13H19N3O2S/c1-10(8-14)9-16(3)19(17,18)13-6-4-12(5-7-13)11(2)15/h4-7,10-11H,9,15H2,1-3H3. The number of nitrogens with two attached hydrogens (primary N) is 1. The van der Waals surface area contributed by atoms with Crippen molar-refractivity contribution in [3.8, 4) is 6.07 Å². The minimum absolute atomic E-state index is 0.131. The third kappa shape index (κ3) is 3.77. The van der Waals surface area contributed by atoms with Gasteiger partial charge in [-0.05, 0) is 31.5 Å². The summed E-state index contributed by atoms with van der Waals surface area (Å²) < 4.78 is 25.7. The summed E-state index contributed by atoms with van der Waals surface area (Å²) in [4.78, 5) is 0.213. The topological polar surface area (TPSA) is 87.2 Å². The van der Waals surface area contributed by atoms with Gasteiger partial charge in [-0.3, -0.25) is 0 Å². The van der Waals surface area contributed by atoms with E-state index in [4.69, 9.17) is 11.0 Å². The van der Waals surface area contributed by atoms with Crippen LogP contribution in [-0.4, -0.2) is 26.3 Å². The van der Waals surface area contributed by atoms with Crippen LogP contribution in [-0.2, 0) is 10.0 Å². The molecule has 6 heteroatoms. The van der Waals surface area contributed by atoms with Crippen molar-refractivity contribution in [2.75, 3.05) is 13.6 Å². The summed E-state index contributed by atoms with van der Waals surface area (Å²) >= 11 is 0. The first kappa shape index (κ1) is 15.6. The summed E-state index contributed by atoms with van der Waals surface area (Å²) in [6.45, 7) is 3.70. The summed E-state index contributed by atoms with van der Waals surface area (Å²) in [5.41, 5.74) is 6.60. The number of rotatable bonds is 5. The van der Waals surface area contributed by atoms with Gasteiger partial charge in [0.05, 0.1) is 16.9 Å². The fourth-order valence-electron chi connectivity index (χ4n) is 1.65. The molecule has 0 radical (unpaired) electrons. The highest BCUT2D eigenvalue weighted by molar-refractivity contribution is 7.89. The van der Waals surface area contributed by atoms with Crippen molar-refractivity contribution in [1.29, 1.82) is 5.26 Å². The van der Waals surface area contributed by atoms with Gasteiger partial charge in [-0.25, -0.2) is 8.42 Å². The van der Waals surface area contributed by atoms with Gasteiger partial charge in [0.2, 0.25) is 10.0 Å². The van der Waals surface area contributed by atoms with E-state index in [2.05, 4.69) is 0 Å². The second-order valence-electron chi connectivity index (χ2n) is 4.67. The van der Waals surface area contributed by atoms with Crippen molar-refractivity contribution in [3.63, 3.8) is 0 Å². The lowest BCUT2D eigenvalue weighted by atomic mass is 10.1. The van der Waals surface area contributed by atoms with E-state index in [1.165, 1.54) is 11.4 Å². The zero-order valence-electron chi connectivity index (χ0n) is 11.4. The average Bonchev–Trinajstić information content (AvgIpc) is 2.38. The Morgan fingerprint density at radius 3 is 2.26 bits per heavy atom. The third-order valence-corrected chi connectivity index (χ3v) is 4.70. The molecular weight excluding hydrogens is 262 g/mol. The maximum absolute atomic E-state index is 12.2. The van der Waals surface area contributed by atoms with Crippen LogP contribution in [0.5, 0.6) is 0 Å². The summed E-state index contributed by atoms with van der Waals surface area (Å²) in [5, 5.41) is 8.73. The van der Waals surface area contributed by atoms with Gasteiger partial charge in [-0.2, -0.15) is 9.57 Å². The molecule has 0 bridgehead atoms. The van der Waals surface area contributed by atoms with Gasteiger partial charge < -0.3 is 5.73 Å². The fourth-order valence-corrected chi connectivity index (χ4v) is 2.91. The van der Waals surface area contributed by atoms with E-state index in [1.807, 2.05) is 13.0 Å². The number of nitriles is 1. The highest BCUT2D eigenvalue weighted by atomic mass is 32.2. The number of hydrogen-bond acceptors (Lipinski definition) is 4. The van der Waals surface area contributed by atoms with Crippen molar-refractivity contribution in [1.82, 2.24) is 4.31 Å². The van der Waals surface area contributed by atoms with Crippen LogP contribution >= 0.6 is 0 Å². The average molecular weight is 281 g/mol. The summed E-state index contributed by atoms with van der Waals surface area (Å²) in [5.74, 6) is -0.344. The molecule has 0 amide bonds. The molecule has 0 saturated carbocycles.